The third-order valence-electron chi connectivity index (χ3n) is 5.39. The van der Waals surface area contributed by atoms with E-state index >= 15 is 0 Å². The van der Waals surface area contributed by atoms with Crippen LogP contribution in [0.5, 0.6) is 0 Å². The topological polar surface area (TPSA) is 86.6 Å². The minimum absolute atomic E-state index is 0.0433. The number of hydrogen-bond donors (Lipinski definition) is 3. The summed E-state index contributed by atoms with van der Waals surface area (Å²) in [5.74, 6) is -2.36. The Morgan fingerprint density at radius 3 is 2.42 bits per heavy atom. The van der Waals surface area contributed by atoms with Crippen LogP contribution in [0, 0.1) is 11.8 Å². The zero-order chi connectivity index (χ0) is 18.7. The molecule has 136 valence electrons. The van der Waals surface area contributed by atoms with Gasteiger partial charge >= 0.3 is 11.9 Å². The van der Waals surface area contributed by atoms with Crippen LogP contribution in [-0.4, -0.2) is 34.7 Å². The molecule has 26 heavy (non-hydrogen) atoms. The van der Waals surface area contributed by atoms with Gasteiger partial charge in [-0.2, -0.15) is 0 Å². The minimum Gasteiger partial charge on any atom is -0.481 e. The summed E-state index contributed by atoms with van der Waals surface area (Å²) in [6.45, 7) is 2.56. The predicted molar refractivity (Wildman–Crippen MR) is 99.0 cm³/mol. The number of benzene rings is 2. The average Bonchev–Trinajstić information content (AvgIpc) is 3.05. The Balaban J connectivity index is 1.87. The van der Waals surface area contributed by atoms with Crippen molar-refractivity contribution in [3.8, 4) is 11.1 Å². The van der Waals surface area contributed by atoms with Gasteiger partial charge in [0.05, 0.1) is 6.42 Å². The maximum atomic E-state index is 11.5. The molecular formula is C21H23NO4. The third kappa shape index (κ3) is 3.78. The van der Waals surface area contributed by atoms with E-state index in [1.807, 2.05) is 36.4 Å². The first-order chi connectivity index (χ1) is 12.5. The zero-order valence-corrected chi connectivity index (χ0v) is 14.6. The molecule has 4 atom stereocenters. The first kappa shape index (κ1) is 18.1. The molecule has 1 saturated heterocycles. The molecule has 1 heterocycles. The van der Waals surface area contributed by atoms with Crippen LogP contribution >= 0.6 is 0 Å². The minimum atomic E-state index is -0.982. The van der Waals surface area contributed by atoms with Crippen molar-refractivity contribution in [3.05, 3.63) is 60.2 Å². The number of aliphatic carboxylic acids is 2. The van der Waals surface area contributed by atoms with Gasteiger partial charge in [-0.15, -0.1) is 0 Å². The summed E-state index contributed by atoms with van der Waals surface area (Å²) >= 11 is 0. The Morgan fingerprint density at radius 2 is 1.77 bits per heavy atom. The summed E-state index contributed by atoms with van der Waals surface area (Å²) < 4.78 is 0. The van der Waals surface area contributed by atoms with E-state index in [0.717, 1.165) is 16.7 Å². The van der Waals surface area contributed by atoms with Crippen LogP contribution in [0.4, 0.5) is 0 Å². The molecule has 1 fully saturated rings. The highest BCUT2D eigenvalue weighted by atomic mass is 16.4. The van der Waals surface area contributed by atoms with Gasteiger partial charge in [-0.3, -0.25) is 9.59 Å². The fourth-order valence-electron chi connectivity index (χ4n) is 3.98. The van der Waals surface area contributed by atoms with Crippen molar-refractivity contribution in [1.29, 1.82) is 0 Å². The van der Waals surface area contributed by atoms with E-state index in [9.17, 15) is 19.8 Å². The summed E-state index contributed by atoms with van der Waals surface area (Å²) in [6, 6.07) is 17.4. The van der Waals surface area contributed by atoms with Gasteiger partial charge in [0.25, 0.3) is 0 Å². The quantitative estimate of drug-likeness (QED) is 0.742. The van der Waals surface area contributed by atoms with Crippen LogP contribution < -0.4 is 5.32 Å². The van der Waals surface area contributed by atoms with Gasteiger partial charge in [0.2, 0.25) is 0 Å². The summed E-state index contributed by atoms with van der Waals surface area (Å²) in [7, 11) is 0. The van der Waals surface area contributed by atoms with Crippen molar-refractivity contribution in [2.24, 2.45) is 11.8 Å². The SMILES string of the molecule is CC(c1cccc(-c2ccccc2)c1)[C@H]1CN[C@H](C(=O)O)[C@H]1CC(=O)O. The van der Waals surface area contributed by atoms with E-state index in [0.29, 0.717) is 6.54 Å². The second-order valence-corrected chi connectivity index (χ2v) is 6.93. The van der Waals surface area contributed by atoms with E-state index < -0.39 is 23.9 Å². The molecule has 0 spiro atoms. The third-order valence-corrected chi connectivity index (χ3v) is 5.39. The summed E-state index contributed by atoms with van der Waals surface area (Å²) in [6.07, 6.45) is -0.142. The molecular weight excluding hydrogens is 330 g/mol. The van der Waals surface area contributed by atoms with E-state index in [1.54, 1.807) is 0 Å². The molecule has 2 aromatic rings. The van der Waals surface area contributed by atoms with Crippen molar-refractivity contribution >= 4 is 11.9 Å². The monoisotopic (exact) mass is 353 g/mol. The smallest absolute Gasteiger partial charge is 0.321 e. The Hall–Kier alpha value is -2.66. The zero-order valence-electron chi connectivity index (χ0n) is 14.6. The first-order valence-corrected chi connectivity index (χ1v) is 8.80. The van der Waals surface area contributed by atoms with Gasteiger partial charge in [0, 0.05) is 0 Å². The summed E-state index contributed by atoms with van der Waals surface area (Å²) in [4.78, 5) is 22.7. The lowest BCUT2D eigenvalue weighted by atomic mass is 9.77. The standard InChI is InChI=1S/C21H23NO4/c1-13(18-12-22-20(21(25)26)17(18)11-19(23)24)15-8-5-9-16(10-15)14-6-3-2-4-7-14/h2-10,13,17-18,20,22H,11-12H2,1H3,(H,23,24)(H,25,26)/t13?,17-,18+,20-/m0/s1. The fraction of sp³-hybridized carbons (Fsp3) is 0.333. The summed E-state index contributed by atoms with van der Waals surface area (Å²) in [5.41, 5.74) is 3.32. The molecule has 3 N–H and O–H groups in total. The van der Waals surface area contributed by atoms with Crippen molar-refractivity contribution < 1.29 is 19.8 Å². The fourth-order valence-corrected chi connectivity index (χ4v) is 3.98. The lowest BCUT2D eigenvalue weighted by Gasteiger charge is -2.26. The van der Waals surface area contributed by atoms with Crippen molar-refractivity contribution in [2.75, 3.05) is 6.54 Å². The molecule has 0 bridgehead atoms. The largest absolute Gasteiger partial charge is 0.481 e. The molecule has 1 aliphatic rings. The highest BCUT2D eigenvalue weighted by molar-refractivity contribution is 5.76. The molecule has 0 aromatic heterocycles. The molecule has 0 saturated carbocycles. The molecule has 0 amide bonds. The molecule has 0 radical (unpaired) electrons. The molecule has 1 unspecified atom stereocenters. The molecule has 3 rings (SSSR count). The average molecular weight is 353 g/mol. The van der Waals surface area contributed by atoms with Gasteiger partial charge in [-0.25, -0.2) is 0 Å². The predicted octanol–water partition coefficient (Wildman–Crippen LogP) is 3.22. The molecule has 5 heteroatoms. The Labute approximate surface area is 152 Å². The number of nitrogens with one attached hydrogen (secondary N) is 1. The van der Waals surface area contributed by atoms with Crippen LogP contribution in [0.2, 0.25) is 0 Å². The van der Waals surface area contributed by atoms with Crippen molar-refractivity contribution in [1.82, 2.24) is 5.32 Å². The van der Waals surface area contributed by atoms with Gasteiger partial charge < -0.3 is 15.5 Å². The maximum Gasteiger partial charge on any atom is 0.321 e. The second-order valence-electron chi connectivity index (χ2n) is 6.93. The van der Waals surface area contributed by atoms with E-state index in [-0.39, 0.29) is 18.3 Å². The Morgan fingerprint density at radius 1 is 1.08 bits per heavy atom. The lowest BCUT2D eigenvalue weighted by Crippen LogP contribution is -2.37. The Kier molecular flexibility index (Phi) is 5.38. The number of carbonyl (C=O) groups is 2. The van der Waals surface area contributed by atoms with Crippen LogP contribution in [-0.2, 0) is 9.59 Å². The maximum absolute atomic E-state index is 11.5. The van der Waals surface area contributed by atoms with Crippen LogP contribution in [0.25, 0.3) is 11.1 Å². The summed E-state index contributed by atoms with van der Waals surface area (Å²) in [5, 5.41) is 21.6. The van der Waals surface area contributed by atoms with Crippen molar-refractivity contribution in [3.63, 3.8) is 0 Å². The highest BCUT2D eigenvalue weighted by Crippen LogP contribution is 2.38. The second kappa shape index (κ2) is 7.70. The molecule has 2 aromatic carbocycles. The first-order valence-electron chi connectivity index (χ1n) is 8.80. The van der Waals surface area contributed by atoms with Gasteiger partial charge in [-0.1, -0.05) is 61.5 Å². The normalized spacial score (nSPS) is 23.5. The number of carboxylic acid groups (broad SMARTS) is 2. The number of carboxylic acids is 2. The number of hydrogen-bond acceptors (Lipinski definition) is 3. The molecule has 1 aliphatic heterocycles. The van der Waals surface area contributed by atoms with Gasteiger partial charge in [0.1, 0.15) is 6.04 Å². The number of rotatable bonds is 6. The van der Waals surface area contributed by atoms with E-state index in [4.69, 9.17) is 0 Å². The van der Waals surface area contributed by atoms with Gasteiger partial charge in [-0.05, 0) is 41.0 Å². The van der Waals surface area contributed by atoms with E-state index in [2.05, 4.69) is 30.4 Å². The highest BCUT2D eigenvalue weighted by Gasteiger charge is 2.43. The lowest BCUT2D eigenvalue weighted by molar-refractivity contribution is -0.142. The van der Waals surface area contributed by atoms with Crippen LogP contribution in [0.1, 0.15) is 24.8 Å². The molecule has 5 nitrogen and oxygen atoms in total. The van der Waals surface area contributed by atoms with E-state index in [1.165, 1.54) is 0 Å². The molecule has 0 aliphatic carbocycles. The van der Waals surface area contributed by atoms with Crippen LogP contribution in [0.15, 0.2) is 54.6 Å². The van der Waals surface area contributed by atoms with Crippen molar-refractivity contribution in [2.45, 2.75) is 25.3 Å². The van der Waals surface area contributed by atoms with Crippen LogP contribution in [0.3, 0.4) is 0 Å². The van der Waals surface area contributed by atoms with Gasteiger partial charge in [0.15, 0.2) is 0 Å². The Bertz CT molecular complexity index is 790.